The standard InChI is InChI=1S/C12H13N3O3/c1-17-11-8(4-3-5-14-11)10(16)9-12(18-2)15-7-6-13-9/h3-7,10,16H,1-2H3. The molecule has 6 heteroatoms. The lowest BCUT2D eigenvalue weighted by Crippen LogP contribution is -2.08. The summed E-state index contributed by atoms with van der Waals surface area (Å²) in [5, 5.41) is 10.3. The van der Waals surface area contributed by atoms with E-state index in [4.69, 9.17) is 9.47 Å². The van der Waals surface area contributed by atoms with E-state index in [0.29, 0.717) is 17.1 Å². The van der Waals surface area contributed by atoms with Gasteiger partial charge in [0.1, 0.15) is 11.8 Å². The fourth-order valence-electron chi connectivity index (χ4n) is 1.61. The van der Waals surface area contributed by atoms with Crippen molar-refractivity contribution >= 4 is 0 Å². The van der Waals surface area contributed by atoms with Crippen molar-refractivity contribution < 1.29 is 14.6 Å². The summed E-state index contributed by atoms with van der Waals surface area (Å²) in [6.07, 6.45) is 3.57. The fourth-order valence-corrected chi connectivity index (χ4v) is 1.61. The highest BCUT2D eigenvalue weighted by Gasteiger charge is 2.21. The number of ether oxygens (including phenoxy) is 2. The summed E-state index contributed by atoms with van der Waals surface area (Å²) in [5.41, 5.74) is 0.838. The van der Waals surface area contributed by atoms with Gasteiger partial charge in [-0.25, -0.2) is 9.97 Å². The quantitative estimate of drug-likeness (QED) is 0.867. The number of hydrogen-bond acceptors (Lipinski definition) is 6. The summed E-state index contributed by atoms with van der Waals surface area (Å²) in [4.78, 5) is 12.1. The molecule has 18 heavy (non-hydrogen) atoms. The molecule has 6 nitrogen and oxygen atoms in total. The molecule has 0 aliphatic heterocycles. The van der Waals surface area contributed by atoms with Crippen LogP contribution in [0, 0.1) is 0 Å². The van der Waals surface area contributed by atoms with Crippen molar-refractivity contribution in [2.75, 3.05) is 14.2 Å². The second kappa shape index (κ2) is 5.42. The van der Waals surface area contributed by atoms with Crippen LogP contribution in [0.2, 0.25) is 0 Å². The maximum Gasteiger partial charge on any atom is 0.238 e. The lowest BCUT2D eigenvalue weighted by molar-refractivity contribution is 0.201. The van der Waals surface area contributed by atoms with Crippen LogP contribution >= 0.6 is 0 Å². The largest absolute Gasteiger partial charge is 0.481 e. The molecule has 2 heterocycles. The predicted molar refractivity (Wildman–Crippen MR) is 63.4 cm³/mol. The zero-order chi connectivity index (χ0) is 13.0. The lowest BCUT2D eigenvalue weighted by atomic mass is 10.1. The van der Waals surface area contributed by atoms with E-state index in [-0.39, 0.29) is 5.88 Å². The Kier molecular flexibility index (Phi) is 3.69. The minimum atomic E-state index is -1.00. The number of hydrogen-bond donors (Lipinski definition) is 1. The number of rotatable bonds is 4. The Balaban J connectivity index is 2.44. The molecular formula is C12H13N3O3. The van der Waals surface area contributed by atoms with Crippen molar-refractivity contribution in [2.24, 2.45) is 0 Å². The molecule has 0 aliphatic carbocycles. The summed E-state index contributed by atoms with van der Waals surface area (Å²) < 4.78 is 10.2. The van der Waals surface area contributed by atoms with Gasteiger partial charge in [0.15, 0.2) is 0 Å². The van der Waals surface area contributed by atoms with Gasteiger partial charge in [-0.05, 0) is 12.1 Å². The summed E-state index contributed by atoms with van der Waals surface area (Å²) in [6, 6.07) is 3.43. The summed E-state index contributed by atoms with van der Waals surface area (Å²) in [6.45, 7) is 0. The van der Waals surface area contributed by atoms with Gasteiger partial charge in [-0.15, -0.1) is 0 Å². The Hall–Kier alpha value is -2.21. The number of pyridine rings is 1. The number of nitrogens with zero attached hydrogens (tertiary/aromatic N) is 3. The zero-order valence-electron chi connectivity index (χ0n) is 10.1. The molecule has 0 saturated carbocycles. The Morgan fingerprint density at radius 2 is 1.67 bits per heavy atom. The van der Waals surface area contributed by atoms with Gasteiger partial charge in [-0.1, -0.05) is 0 Å². The van der Waals surface area contributed by atoms with Gasteiger partial charge in [0.05, 0.1) is 14.2 Å². The molecule has 1 N–H and O–H groups in total. The van der Waals surface area contributed by atoms with Crippen molar-refractivity contribution in [3.8, 4) is 11.8 Å². The maximum absolute atomic E-state index is 10.3. The maximum atomic E-state index is 10.3. The first-order chi connectivity index (χ1) is 8.77. The van der Waals surface area contributed by atoms with Crippen LogP contribution in [0.3, 0.4) is 0 Å². The van der Waals surface area contributed by atoms with Gasteiger partial charge >= 0.3 is 0 Å². The topological polar surface area (TPSA) is 77.4 Å². The van der Waals surface area contributed by atoms with Crippen molar-refractivity contribution in [3.05, 3.63) is 42.0 Å². The SMILES string of the molecule is COc1ncccc1C(O)c1nccnc1OC. The third-order valence-electron chi connectivity index (χ3n) is 2.43. The van der Waals surface area contributed by atoms with Crippen LogP contribution in [0.1, 0.15) is 17.4 Å². The van der Waals surface area contributed by atoms with E-state index in [1.807, 2.05) is 0 Å². The second-order valence-electron chi connectivity index (χ2n) is 3.46. The first kappa shape index (κ1) is 12.3. The molecule has 1 atom stereocenters. The van der Waals surface area contributed by atoms with Crippen molar-refractivity contribution in [1.29, 1.82) is 0 Å². The summed E-state index contributed by atoms with van der Waals surface area (Å²) >= 11 is 0. The minimum Gasteiger partial charge on any atom is -0.481 e. The highest BCUT2D eigenvalue weighted by Crippen LogP contribution is 2.30. The van der Waals surface area contributed by atoms with Gasteiger partial charge in [-0.3, -0.25) is 4.98 Å². The van der Waals surface area contributed by atoms with E-state index >= 15 is 0 Å². The molecule has 2 aromatic heterocycles. The molecule has 0 radical (unpaired) electrons. The Bertz CT molecular complexity index is 486. The van der Waals surface area contributed by atoms with Crippen LogP contribution in [0.15, 0.2) is 30.7 Å². The van der Waals surface area contributed by atoms with Crippen molar-refractivity contribution in [2.45, 2.75) is 6.10 Å². The average Bonchev–Trinajstić information content (AvgIpc) is 2.46. The van der Waals surface area contributed by atoms with E-state index in [2.05, 4.69) is 15.0 Å². The Morgan fingerprint density at radius 1 is 1.00 bits per heavy atom. The Morgan fingerprint density at radius 3 is 2.39 bits per heavy atom. The third-order valence-corrected chi connectivity index (χ3v) is 2.43. The van der Waals surface area contributed by atoms with E-state index in [9.17, 15) is 5.11 Å². The molecular weight excluding hydrogens is 234 g/mol. The van der Waals surface area contributed by atoms with Gasteiger partial charge in [0, 0.05) is 24.2 Å². The molecule has 0 fully saturated rings. The first-order valence-electron chi connectivity index (χ1n) is 5.29. The van der Waals surface area contributed by atoms with Crippen LogP contribution in [-0.2, 0) is 0 Å². The van der Waals surface area contributed by atoms with Crippen LogP contribution in [0.25, 0.3) is 0 Å². The number of aliphatic hydroxyl groups is 1. The van der Waals surface area contributed by atoms with Crippen molar-refractivity contribution in [3.63, 3.8) is 0 Å². The van der Waals surface area contributed by atoms with E-state index in [0.717, 1.165) is 0 Å². The normalized spacial score (nSPS) is 11.9. The van der Waals surface area contributed by atoms with E-state index in [1.54, 1.807) is 18.3 Å². The lowest BCUT2D eigenvalue weighted by Gasteiger charge is -2.14. The Labute approximate surface area is 104 Å². The monoisotopic (exact) mass is 247 g/mol. The molecule has 1 unspecified atom stereocenters. The third kappa shape index (κ3) is 2.23. The fraction of sp³-hybridized carbons (Fsp3) is 0.250. The molecule has 0 aromatic carbocycles. The van der Waals surface area contributed by atoms with E-state index in [1.165, 1.54) is 26.6 Å². The van der Waals surface area contributed by atoms with Gasteiger partial charge in [0.2, 0.25) is 11.8 Å². The highest BCUT2D eigenvalue weighted by molar-refractivity contribution is 5.36. The molecule has 2 rings (SSSR count). The molecule has 0 bridgehead atoms. The molecule has 0 amide bonds. The molecule has 0 spiro atoms. The zero-order valence-corrected chi connectivity index (χ0v) is 10.1. The van der Waals surface area contributed by atoms with Crippen LogP contribution < -0.4 is 9.47 Å². The number of methoxy groups -OCH3 is 2. The molecule has 0 saturated heterocycles. The highest BCUT2D eigenvalue weighted by atomic mass is 16.5. The first-order valence-corrected chi connectivity index (χ1v) is 5.29. The van der Waals surface area contributed by atoms with E-state index < -0.39 is 6.10 Å². The van der Waals surface area contributed by atoms with Gasteiger partial charge in [0.25, 0.3) is 0 Å². The number of aromatic nitrogens is 3. The summed E-state index contributed by atoms with van der Waals surface area (Å²) in [7, 11) is 2.97. The van der Waals surface area contributed by atoms with Gasteiger partial charge < -0.3 is 14.6 Å². The summed E-state index contributed by atoms with van der Waals surface area (Å²) in [5.74, 6) is 0.619. The smallest absolute Gasteiger partial charge is 0.238 e. The second-order valence-corrected chi connectivity index (χ2v) is 3.46. The van der Waals surface area contributed by atoms with Crippen LogP contribution in [-0.4, -0.2) is 34.3 Å². The molecule has 0 aliphatic rings. The van der Waals surface area contributed by atoms with Crippen LogP contribution in [0.4, 0.5) is 0 Å². The molecule has 2 aromatic rings. The average molecular weight is 247 g/mol. The van der Waals surface area contributed by atoms with Gasteiger partial charge in [-0.2, -0.15) is 0 Å². The molecule has 94 valence electrons. The van der Waals surface area contributed by atoms with Crippen molar-refractivity contribution in [1.82, 2.24) is 15.0 Å². The number of aliphatic hydroxyl groups excluding tert-OH is 1. The predicted octanol–water partition coefficient (Wildman–Crippen LogP) is 0.970. The van der Waals surface area contributed by atoms with Crippen LogP contribution in [0.5, 0.6) is 11.8 Å². The minimum absolute atomic E-state index is 0.274.